The van der Waals surface area contributed by atoms with Crippen molar-refractivity contribution in [1.29, 1.82) is 0 Å². The van der Waals surface area contributed by atoms with Gasteiger partial charge >= 0.3 is 0 Å². The fraction of sp³-hybridized carbons (Fsp3) is 0.667. The minimum absolute atomic E-state index is 0. The number of amides is 1. The summed E-state index contributed by atoms with van der Waals surface area (Å²) in [6.07, 6.45) is 7.06. The van der Waals surface area contributed by atoms with Crippen LogP contribution in [0.4, 0.5) is 0 Å². The van der Waals surface area contributed by atoms with Gasteiger partial charge in [0.1, 0.15) is 0 Å². The molecule has 1 fully saturated rings. The van der Waals surface area contributed by atoms with Crippen molar-refractivity contribution in [1.82, 2.24) is 10.2 Å². The maximum absolute atomic E-state index is 12.7. The number of hydrogen-bond acceptors (Lipinski definition) is 2. The van der Waals surface area contributed by atoms with Gasteiger partial charge in [-0.25, -0.2) is 0 Å². The molecule has 25 heavy (non-hydrogen) atoms. The monoisotopic (exact) mass is 366 g/mol. The van der Waals surface area contributed by atoms with Gasteiger partial charge in [-0.15, -0.1) is 12.4 Å². The fourth-order valence-corrected chi connectivity index (χ4v) is 4.05. The van der Waals surface area contributed by atoms with Crippen molar-refractivity contribution >= 4 is 18.3 Å². The Morgan fingerprint density at radius 1 is 1.12 bits per heavy atom. The molecule has 1 amide bonds. The largest absolute Gasteiger partial charge is 0.354 e. The van der Waals surface area contributed by atoms with Crippen molar-refractivity contribution in [2.75, 3.05) is 19.6 Å². The first-order chi connectivity index (χ1) is 11.6. The van der Waals surface area contributed by atoms with Crippen LogP contribution in [-0.2, 0) is 10.2 Å². The number of rotatable bonds is 9. The summed E-state index contributed by atoms with van der Waals surface area (Å²) in [5.74, 6) is 0.180. The molecule has 1 aliphatic carbocycles. The Bertz CT molecular complexity index is 494. The summed E-state index contributed by atoms with van der Waals surface area (Å²) in [6, 6.07) is 10.7. The Balaban J connectivity index is 0.00000312. The van der Waals surface area contributed by atoms with Gasteiger partial charge in [0.05, 0.1) is 6.04 Å². The minimum atomic E-state index is -0.0425. The second-order valence-corrected chi connectivity index (χ2v) is 7.28. The van der Waals surface area contributed by atoms with Crippen LogP contribution in [0.2, 0.25) is 0 Å². The van der Waals surface area contributed by atoms with Crippen LogP contribution in [0.25, 0.3) is 0 Å². The standard InChI is InChI=1S/C21H34N2O.ClH/c1-4-15-23(16-5-2)18(3)20(24)22-17-21(13-9-10-14-21)19-11-7-6-8-12-19;/h6-8,11-12,18H,4-5,9-10,13-17H2,1-3H3,(H,22,24);1H. The van der Waals surface area contributed by atoms with Crippen LogP contribution in [0.3, 0.4) is 0 Å². The summed E-state index contributed by atoms with van der Waals surface area (Å²) in [5.41, 5.74) is 1.52. The highest BCUT2D eigenvalue weighted by Gasteiger charge is 2.36. The smallest absolute Gasteiger partial charge is 0.237 e. The molecule has 0 spiro atoms. The van der Waals surface area contributed by atoms with Gasteiger partial charge in [-0.05, 0) is 51.3 Å². The average molecular weight is 367 g/mol. The maximum atomic E-state index is 12.7. The lowest BCUT2D eigenvalue weighted by Gasteiger charge is -2.32. The molecular formula is C21H35ClN2O. The molecule has 4 heteroatoms. The molecule has 0 bridgehead atoms. The number of carbonyl (C=O) groups is 1. The zero-order valence-electron chi connectivity index (χ0n) is 16.1. The van der Waals surface area contributed by atoms with Gasteiger partial charge in [-0.3, -0.25) is 9.69 Å². The van der Waals surface area contributed by atoms with E-state index in [9.17, 15) is 4.79 Å². The van der Waals surface area contributed by atoms with E-state index in [1.54, 1.807) is 0 Å². The van der Waals surface area contributed by atoms with Crippen molar-refractivity contribution in [2.24, 2.45) is 0 Å². The third kappa shape index (κ3) is 5.72. The van der Waals surface area contributed by atoms with Gasteiger partial charge in [-0.2, -0.15) is 0 Å². The number of carbonyl (C=O) groups excluding carboxylic acids is 1. The first kappa shape index (κ1) is 22.0. The second kappa shape index (κ2) is 10.8. The van der Waals surface area contributed by atoms with E-state index < -0.39 is 0 Å². The summed E-state index contributed by atoms with van der Waals surface area (Å²) in [7, 11) is 0. The van der Waals surface area contributed by atoms with Crippen LogP contribution >= 0.6 is 12.4 Å². The van der Waals surface area contributed by atoms with Gasteiger partial charge in [0.2, 0.25) is 5.91 Å². The molecule has 1 atom stereocenters. The molecule has 1 saturated carbocycles. The van der Waals surface area contributed by atoms with Gasteiger partial charge in [0.15, 0.2) is 0 Å². The Morgan fingerprint density at radius 3 is 2.20 bits per heavy atom. The molecule has 0 aliphatic heterocycles. The molecule has 1 aromatic carbocycles. The lowest BCUT2D eigenvalue weighted by atomic mass is 9.79. The Hall–Kier alpha value is -1.06. The molecule has 0 radical (unpaired) electrons. The lowest BCUT2D eigenvalue weighted by Crippen LogP contribution is -2.49. The molecule has 0 saturated heterocycles. The van der Waals surface area contributed by atoms with E-state index in [1.807, 2.05) is 6.92 Å². The molecule has 1 aromatic rings. The second-order valence-electron chi connectivity index (χ2n) is 7.28. The van der Waals surface area contributed by atoms with Crippen molar-refractivity contribution in [3.63, 3.8) is 0 Å². The highest BCUT2D eigenvalue weighted by molar-refractivity contribution is 5.85. The number of benzene rings is 1. The summed E-state index contributed by atoms with van der Waals surface area (Å²) in [5, 5.41) is 3.28. The molecule has 1 aliphatic rings. The first-order valence-corrected chi connectivity index (χ1v) is 9.70. The van der Waals surface area contributed by atoms with Crippen LogP contribution in [0.15, 0.2) is 30.3 Å². The van der Waals surface area contributed by atoms with Gasteiger partial charge in [0.25, 0.3) is 0 Å². The van der Waals surface area contributed by atoms with Gasteiger partial charge < -0.3 is 5.32 Å². The third-order valence-corrected chi connectivity index (χ3v) is 5.50. The zero-order chi connectivity index (χ0) is 17.4. The number of hydrogen-bond donors (Lipinski definition) is 1. The van der Waals surface area contributed by atoms with Crippen LogP contribution < -0.4 is 5.32 Å². The third-order valence-electron chi connectivity index (χ3n) is 5.50. The molecule has 3 nitrogen and oxygen atoms in total. The molecule has 0 heterocycles. The fourth-order valence-electron chi connectivity index (χ4n) is 4.05. The minimum Gasteiger partial charge on any atom is -0.354 e. The van der Waals surface area contributed by atoms with E-state index in [-0.39, 0.29) is 29.8 Å². The predicted molar refractivity (Wildman–Crippen MR) is 108 cm³/mol. The summed E-state index contributed by atoms with van der Waals surface area (Å²) in [6.45, 7) is 9.15. The van der Waals surface area contributed by atoms with Crippen molar-refractivity contribution in [2.45, 2.75) is 70.8 Å². The SMILES string of the molecule is CCCN(CCC)C(C)C(=O)NCC1(c2ccccc2)CCCC1.Cl. The Labute approximate surface area is 160 Å². The van der Waals surface area contributed by atoms with E-state index in [2.05, 4.69) is 54.4 Å². The first-order valence-electron chi connectivity index (χ1n) is 9.70. The van der Waals surface area contributed by atoms with E-state index >= 15 is 0 Å². The summed E-state index contributed by atoms with van der Waals surface area (Å²) >= 11 is 0. The topological polar surface area (TPSA) is 32.3 Å². The quantitative estimate of drug-likeness (QED) is 0.695. The van der Waals surface area contributed by atoms with E-state index in [0.717, 1.165) is 32.5 Å². The molecule has 142 valence electrons. The normalized spacial score (nSPS) is 17.1. The highest BCUT2D eigenvalue weighted by atomic mass is 35.5. The van der Waals surface area contributed by atoms with Crippen LogP contribution in [0, 0.1) is 0 Å². The molecular weight excluding hydrogens is 332 g/mol. The van der Waals surface area contributed by atoms with Crippen molar-refractivity contribution in [3.05, 3.63) is 35.9 Å². The van der Waals surface area contributed by atoms with Crippen LogP contribution in [0.5, 0.6) is 0 Å². The van der Waals surface area contributed by atoms with Crippen LogP contribution in [0.1, 0.15) is 64.9 Å². The maximum Gasteiger partial charge on any atom is 0.237 e. The van der Waals surface area contributed by atoms with Gasteiger partial charge in [0, 0.05) is 12.0 Å². The number of nitrogens with zero attached hydrogens (tertiary/aromatic N) is 1. The van der Waals surface area contributed by atoms with Gasteiger partial charge in [-0.1, -0.05) is 57.0 Å². The molecule has 1 N–H and O–H groups in total. The summed E-state index contributed by atoms with van der Waals surface area (Å²) in [4.78, 5) is 15.0. The van der Waals surface area contributed by atoms with E-state index in [1.165, 1.54) is 31.2 Å². The van der Waals surface area contributed by atoms with Crippen molar-refractivity contribution in [3.8, 4) is 0 Å². The Kier molecular flexibility index (Phi) is 9.52. The van der Waals surface area contributed by atoms with Crippen molar-refractivity contribution < 1.29 is 4.79 Å². The average Bonchev–Trinajstić information content (AvgIpc) is 3.10. The predicted octanol–water partition coefficient (Wildman–Crippen LogP) is 4.55. The van der Waals surface area contributed by atoms with E-state index in [4.69, 9.17) is 0 Å². The molecule has 1 unspecified atom stereocenters. The van der Waals surface area contributed by atoms with Crippen LogP contribution in [-0.4, -0.2) is 36.5 Å². The molecule has 0 aromatic heterocycles. The Morgan fingerprint density at radius 2 is 1.68 bits per heavy atom. The zero-order valence-corrected chi connectivity index (χ0v) is 16.9. The lowest BCUT2D eigenvalue weighted by molar-refractivity contribution is -0.126. The molecule has 2 rings (SSSR count). The summed E-state index contributed by atoms with van der Waals surface area (Å²) < 4.78 is 0. The highest BCUT2D eigenvalue weighted by Crippen LogP contribution is 2.40. The number of nitrogens with one attached hydrogen (secondary N) is 1. The number of halogens is 1. The van der Waals surface area contributed by atoms with E-state index in [0.29, 0.717) is 0 Å².